The lowest BCUT2D eigenvalue weighted by Crippen LogP contribution is -3.11. The van der Waals surface area contributed by atoms with E-state index >= 15 is 0 Å². The van der Waals surface area contributed by atoms with Crippen molar-refractivity contribution in [3.05, 3.63) is 75.6 Å². The largest absolute Gasteiger partial charge is 0.491 e. The van der Waals surface area contributed by atoms with Crippen molar-refractivity contribution in [2.75, 3.05) is 26.2 Å². The topological polar surface area (TPSA) is 64.2 Å². The Bertz CT molecular complexity index is 1180. The maximum Gasteiger partial charge on any atom is 0.290 e. The minimum Gasteiger partial charge on any atom is -0.491 e. The Morgan fingerprint density at radius 3 is 2.39 bits per heavy atom. The molecule has 1 atom stereocenters. The van der Waals surface area contributed by atoms with Gasteiger partial charge in [0.05, 0.1) is 42.7 Å². The van der Waals surface area contributed by atoms with Crippen LogP contribution >= 0.6 is 0 Å². The molecule has 6 nitrogen and oxygen atoms in total. The lowest BCUT2D eigenvalue weighted by Gasteiger charge is -2.26. The van der Waals surface area contributed by atoms with E-state index < -0.39 is 6.04 Å². The molecule has 0 bridgehead atoms. The first kappa shape index (κ1) is 23.1. The van der Waals surface area contributed by atoms with Gasteiger partial charge in [0.1, 0.15) is 11.3 Å². The van der Waals surface area contributed by atoms with E-state index in [1.807, 2.05) is 50.2 Å². The highest BCUT2D eigenvalue weighted by Crippen LogP contribution is 2.38. The number of amides is 1. The van der Waals surface area contributed by atoms with Crippen molar-refractivity contribution in [2.24, 2.45) is 0 Å². The summed E-state index contributed by atoms with van der Waals surface area (Å²) in [5.41, 5.74) is 1.63. The number of rotatable bonds is 9. The van der Waals surface area contributed by atoms with Crippen LogP contribution in [0.1, 0.15) is 61.8 Å². The molecule has 0 fully saturated rings. The van der Waals surface area contributed by atoms with E-state index in [0.717, 1.165) is 37.4 Å². The molecule has 0 saturated carbocycles. The number of quaternary nitrogens is 1. The summed E-state index contributed by atoms with van der Waals surface area (Å²) in [5, 5.41) is 0.503. The zero-order chi connectivity index (χ0) is 23.5. The van der Waals surface area contributed by atoms with Crippen molar-refractivity contribution in [3.63, 3.8) is 0 Å². The van der Waals surface area contributed by atoms with Crippen LogP contribution in [0.4, 0.5) is 0 Å². The zero-order valence-corrected chi connectivity index (χ0v) is 19.9. The Hall–Kier alpha value is -3.12. The summed E-state index contributed by atoms with van der Waals surface area (Å²) in [6.45, 7) is 12.0. The van der Waals surface area contributed by atoms with Gasteiger partial charge in [-0.2, -0.15) is 0 Å². The van der Waals surface area contributed by atoms with E-state index in [1.54, 1.807) is 17.0 Å². The standard InChI is InChI=1S/C27H32N2O4/c1-5-28(6-2)16-9-17-29-24(19-12-14-20(15-13-19)32-18(3)4)23-25(30)21-10-7-8-11-22(21)33-26(23)27(29)31/h7-8,10-15,18,24H,5-6,9,16-17H2,1-4H3/p+1. The number of hydrogen-bond donors (Lipinski definition) is 1. The Morgan fingerprint density at radius 1 is 1.03 bits per heavy atom. The zero-order valence-electron chi connectivity index (χ0n) is 19.9. The van der Waals surface area contributed by atoms with Crippen LogP contribution in [-0.4, -0.2) is 43.1 Å². The van der Waals surface area contributed by atoms with Gasteiger partial charge in [-0.3, -0.25) is 9.59 Å². The molecule has 1 aromatic heterocycles. The minimum absolute atomic E-state index is 0.0714. The Balaban J connectivity index is 1.75. The molecule has 6 heteroatoms. The summed E-state index contributed by atoms with van der Waals surface area (Å²) < 4.78 is 11.8. The van der Waals surface area contributed by atoms with Crippen LogP contribution in [0.3, 0.4) is 0 Å². The fraction of sp³-hybridized carbons (Fsp3) is 0.407. The van der Waals surface area contributed by atoms with Gasteiger partial charge in [0.15, 0.2) is 5.43 Å². The second-order valence-electron chi connectivity index (χ2n) is 8.87. The average molecular weight is 450 g/mol. The van der Waals surface area contributed by atoms with Crippen LogP contribution in [0.25, 0.3) is 11.0 Å². The van der Waals surface area contributed by atoms with E-state index in [1.165, 1.54) is 4.90 Å². The fourth-order valence-corrected chi connectivity index (χ4v) is 4.65. The molecule has 33 heavy (non-hydrogen) atoms. The first-order chi connectivity index (χ1) is 15.9. The molecule has 0 spiro atoms. The predicted octanol–water partition coefficient (Wildman–Crippen LogP) is 3.44. The van der Waals surface area contributed by atoms with E-state index in [2.05, 4.69) is 13.8 Å². The van der Waals surface area contributed by atoms with Crippen molar-refractivity contribution >= 4 is 16.9 Å². The second kappa shape index (κ2) is 9.79. The van der Waals surface area contributed by atoms with Crippen LogP contribution in [0.5, 0.6) is 5.75 Å². The van der Waals surface area contributed by atoms with Crippen LogP contribution < -0.4 is 15.1 Å². The molecule has 174 valence electrons. The Labute approximate surface area is 194 Å². The van der Waals surface area contributed by atoms with Gasteiger partial charge in [0, 0.05) is 13.0 Å². The normalized spacial score (nSPS) is 15.6. The van der Waals surface area contributed by atoms with Crippen molar-refractivity contribution < 1.29 is 18.8 Å². The highest BCUT2D eigenvalue weighted by molar-refractivity contribution is 5.99. The number of hydrogen-bond acceptors (Lipinski definition) is 4. The first-order valence-corrected chi connectivity index (χ1v) is 11.9. The van der Waals surface area contributed by atoms with Gasteiger partial charge in [-0.05, 0) is 57.5 Å². The molecule has 2 aromatic carbocycles. The smallest absolute Gasteiger partial charge is 0.290 e. The number of nitrogens with one attached hydrogen (secondary N) is 1. The molecule has 1 aliphatic heterocycles. The quantitative estimate of drug-likeness (QED) is 0.544. The third-order valence-electron chi connectivity index (χ3n) is 6.37. The highest BCUT2D eigenvalue weighted by atomic mass is 16.5. The van der Waals surface area contributed by atoms with Crippen molar-refractivity contribution in [1.29, 1.82) is 0 Å². The summed E-state index contributed by atoms with van der Waals surface area (Å²) in [5.74, 6) is 0.719. The van der Waals surface area contributed by atoms with Gasteiger partial charge in [-0.15, -0.1) is 0 Å². The van der Waals surface area contributed by atoms with Crippen molar-refractivity contribution in [2.45, 2.75) is 46.3 Å². The summed E-state index contributed by atoms with van der Waals surface area (Å²) >= 11 is 0. The van der Waals surface area contributed by atoms with Crippen molar-refractivity contribution in [1.82, 2.24) is 4.90 Å². The molecule has 1 unspecified atom stereocenters. The maximum absolute atomic E-state index is 13.5. The first-order valence-electron chi connectivity index (χ1n) is 11.9. The van der Waals surface area contributed by atoms with Crippen LogP contribution in [0, 0.1) is 0 Å². The molecule has 0 saturated heterocycles. The number of fused-ring (bicyclic) bond motifs is 2. The number of para-hydroxylation sites is 1. The van der Waals surface area contributed by atoms with E-state index in [9.17, 15) is 9.59 Å². The average Bonchev–Trinajstić information content (AvgIpc) is 3.09. The number of nitrogens with zero attached hydrogens (tertiary/aromatic N) is 1. The maximum atomic E-state index is 13.5. The van der Waals surface area contributed by atoms with Gasteiger partial charge in [0.25, 0.3) is 5.91 Å². The number of benzene rings is 2. The van der Waals surface area contributed by atoms with Gasteiger partial charge >= 0.3 is 0 Å². The molecule has 1 aliphatic rings. The van der Waals surface area contributed by atoms with Crippen molar-refractivity contribution in [3.8, 4) is 5.75 Å². The van der Waals surface area contributed by atoms with Gasteiger partial charge < -0.3 is 19.0 Å². The van der Waals surface area contributed by atoms with Gasteiger partial charge in [0.2, 0.25) is 5.76 Å². The third-order valence-corrected chi connectivity index (χ3v) is 6.37. The summed E-state index contributed by atoms with van der Waals surface area (Å²) in [7, 11) is 0. The minimum atomic E-state index is -0.465. The lowest BCUT2D eigenvalue weighted by molar-refractivity contribution is -0.896. The monoisotopic (exact) mass is 449 g/mol. The third kappa shape index (κ3) is 4.53. The van der Waals surface area contributed by atoms with Crippen LogP contribution in [-0.2, 0) is 0 Å². The summed E-state index contributed by atoms with van der Waals surface area (Å²) in [4.78, 5) is 30.3. The fourth-order valence-electron chi connectivity index (χ4n) is 4.65. The Morgan fingerprint density at radius 2 is 1.73 bits per heavy atom. The van der Waals surface area contributed by atoms with E-state index in [-0.39, 0.29) is 23.2 Å². The van der Waals surface area contributed by atoms with Crippen LogP contribution in [0.15, 0.2) is 57.7 Å². The molecular weight excluding hydrogens is 416 g/mol. The SMILES string of the molecule is CC[NH+](CC)CCCN1C(=O)c2oc3ccccc3c(=O)c2C1c1ccc(OC(C)C)cc1. The molecule has 1 N–H and O–H groups in total. The molecule has 4 rings (SSSR count). The lowest BCUT2D eigenvalue weighted by atomic mass is 9.98. The van der Waals surface area contributed by atoms with E-state index in [4.69, 9.17) is 9.15 Å². The van der Waals surface area contributed by atoms with Gasteiger partial charge in [-0.1, -0.05) is 24.3 Å². The molecule has 1 amide bonds. The molecule has 0 radical (unpaired) electrons. The second-order valence-corrected chi connectivity index (χ2v) is 8.87. The molecule has 2 heterocycles. The highest BCUT2D eigenvalue weighted by Gasteiger charge is 2.42. The molecule has 3 aromatic rings. The Kier molecular flexibility index (Phi) is 6.84. The summed E-state index contributed by atoms with van der Waals surface area (Å²) in [6, 6.07) is 14.4. The number of ether oxygens (including phenoxy) is 1. The predicted molar refractivity (Wildman–Crippen MR) is 129 cm³/mol. The van der Waals surface area contributed by atoms with E-state index in [0.29, 0.717) is 23.1 Å². The molecule has 0 aliphatic carbocycles. The summed E-state index contributed by atoms with van der Waals surface area (Å²) in [6.07, 6.45) is 0.928. The number of carbonyl (C=O) groups excluding carboxylic acids is 1. The van der Waals surface area contributed by atoms with Gasteiger partial charge in [-0.25, -0.2) is 0 Å². The molecular formula is C27H33N2O4+. The number of carbonyl (C=O) groups is 1. The van der Waals surface area contributed by atoms with Crippen LogP contribution in [0.2, 0.25) is 0 Å².